The van der Waals surface area contributed by atoms with Gasteiger partial charge in [-0.1, -0.05) is 12.1 Å². The van der Waals surface area contributed by atoms with Crippen LogP contribution in [0.1, 0.15) is 32.2 Å². The van der Waals surface area contributed by atoms with Gasteiger partial charge in [-0.3, -0.25) is 0 Å². The van der Waals surface area contributed by atoms with Crippen LogP contribution in [-0.4, -0.2) is 33.8 Å². The van der Waals surface area contributed by atoms with Gasteiger partial charge in [0.1, 0.15) is 5.60 Å². The van der Waals surface area contributed by atoms with E-state index < -0.39 is 5.60 Å². The van der Waals surface area contributed by atoms with E-state index in [1.807, 2.05) is 52.1 Å². The quantitative estimate of drug-likeness (QED) is 0.316. The third kappa shape index (κ3) is 5.69. The van der Waals surface area contributed by atoms with Crippen LogP contribution in [0.15, 0.2) is 58.3 Å². The lowest BCUT2D eigenvalue weighted by Crippen LogP contribution is -2.27. The minimum absolute atomic E-state index is 0.321. The van der Waals surface area contributed by atoms with Crippen molar-refractivity contribution in [2.75, 3.05) is 12.5 Å². The van der Waals surface area contributed by atoms with E-state index in [-0.39, 0.29) is 6.09 Å². The highest BCUT2D eigenvalue weighted by Gasteiger charge is 2.20. The standard InChI is InChI=1S/C15H19NO2S.C10H11NS/c1-10-8-11-6-7-12(19-5)9-13(11)16(10)14(17)18-15(2,3)4;1-7-5-8-3-4-9(12-2)6-10(8)11-7/h6-9H,1-5H3;3-6,11H,1-2H3. The second-order valence-corrected chi connectivity index (χ2v) is 10.2. The normalized spacial score (nSPS) is 11.5. The summed E-state index contributed by atoms with van der Waals surface area (Å²) in [5.74, 6) is 0. The molecule has 1 N–H and O–H groups in total. The number of aromatic nitrogens is 2. The van der Waals surface area contributed by atoms with Crippen LogP contribution in [-0.2, 0) is 4.74 Å². The molecule has 0 aliphatic rings. The molecule has 0 fully saturated rings. The predicted octanol–water partition coefficient (Wildman–Crippen LogP) is 7.65. The molecule has 2 aromatic carbocycles. The van der Waals surface area contributed by atoms with Crippen molar-refractivity contribution in [1.29, 1.82) is 0 Å². The van der Waals surface area contributed by atoms with Crippen molar-refractivity contribution in [3.8, 4) is 0 Å². The number of H-pyrrole nitrogens is 1. The summed E-state index contributed by atoms with van der Waals surface area (Å²) in [5, 5.41) is 2.35. The van der Waals surface area contributed by atoms with E-state index in [0.717, 1.165) is 21.5 Å². The van der Waals surface area contributed by atoms with Crippen LogP contribution < -0.4 is 0 Å². The van der Waals surface area contributed by atoms with E-state index in [2.05, 4.69) is 48.5 Å². The van der Waals surface area contributed by atoms with Crippen molar-refractivity contribution in [2.45, 2.75) is 50.0 Å². The average Bonchev–Trinajstić information content (AvgIpc) is 3.23. The zero-order valence-corrected chi connectivity index (χ0v) is 20.8. The number of carbonyl (C=O) groups excluding carboxylic acids is 1. The topological polar surface area (TPSA) is 47.0 Å². The lowest BCUT2D eigenvalue weighted by molar-refractivity contribution is 0.0541. The summed E-state index contributed by atoms with van der Waals surface area (Å²) in [5.41, 5.74) is 3.76. The van der Waals surface area contributed by atoms with Gasteiger partial charge in [-0.25, -0.2) is 9.36 Å². The number of thioether (sulfide) groups is 2. The van der Waals surface area contributed by atoms with E-state index in [9.17, 15) is 4.79 Å². The summed E-state index contributed by atoms with van der Waals surface area (Å²) in [6, 6.07) is 16.8. The first-order valence-electron chi connectivity index (χ1n) is 10.1. The summed E-state index contributed by atoms with van der Waals surface area (Å²) >= 11 is 3.43. The Labute approximate surface area is 192 Å². The fraction of sp³-hybridized carbons (Fsp3) is 0.320. The van der Waals surface area contributed by atoms with Crippen LogP contribution in [0.3, 0.4) is 0 Å². The van der Waals surface area contributed by atoms with Crippen molar-refractivity contribution < 1.29 is 9.53 Å². The average molecular weight is 455 g/mol. The molecule has 0 bridgehead atoms. The molecule has 0 aliphatic heterocycles. The lowest BCUT2D eigenvalue weighted by atomic mass is 10.2. The van der Waals surface area contributed by atoms with Crippen molar-refractivity contribution in [3.05, 3.63) is 59.9 Å². The lowest BCUT2D eigenvalue weighted by Gasteiger charge is -2.20. The largest absolute Gasteiger partial charge is 0.443 e. The fourth-order valence-corrected chi connectivity index (χ4v) is 4.25. The van der Waals surface area contributed by atoms with Gasteiger partial charge in [-0.15, -0.1) is 23.5 Å². The molecular formula is C25H30N2O2S2. The molecular weight excluding hydrogens is 424 g/mol. The SMILES string of the molecule is CSc1ccc2cc(C)[nH]c2c1.CSc1ccc2cc(C)n(C(=O)OC(C)(C)C)c2c1. The highest BCUT2D eigenvalue weighted by Crippen LogP contribution is 2.26. The van der Waals surface area contributed by atoms with Crippen LogP contribution in [0.25, 0.3) is 21.8 Å². The van der Waals surface area contributed by atoms with Crippen molar-refractivity contribution in [2.24, 2.45) is 0 Å². The zero-order chi connectivity index (χ0) is 22.8. The van der Waals surface area contributed by atoms with Crippen LogP contribution in [0.4, 0.5) is 4.79 Å². The Balaban J connectivity index is 0.000000194. The van der Waals surface area contributed by atoms with Gasteiger partial charge in [-0.2, -0.15) is 0 Å². The third-order valence-corrected chi connectivity index (χ3v) is 6.19. The summed E-state index contributed by atoms with van der Waals surface area (Å²) in [6.07, 6.45) is 3.80. The van der Waals surface area contributed by atoms with Gasteiger partial charge in [-0.05, 0) is 88.9 Å². The van der Waals surface area contributed by atoms with Gasteiger partial charge in [0.15, 0.2) is 0 Å². The first-order valence-corrected chi connectivity index (χ1v) is 12.6. The van der Waals surface area contributed by atoms with Crippen LogP contribution in [0.5, 0.6) is 0 Å². The molecule has 0 atom stereocenters. The highest BCUT2D eigenvalue weighted by atomic mass is 32.2. The number of aryl methyl sites for hydroxylation is 2. The smallest absolute Gasteiger partial charge is 0.419 e. The van der Waals surface area contributed by atoms with E-state index >= 15 is 0 Å². The summed E-state index contributed by atoms with van der Waals surface area (Å²) in [6.45, 7) is 9.62. The molecule has 4 nitrogen and oxygen atoms in total. The Morgan fingerprint density at radius 3 is 2.13 bits per heavy atom. The zero-order valence-electron chi connectivity index (χ0n) is 19.2. The number of nitrogens with zero attached hydrogens (tertiary/aromatic N) is 1. The summed E-state index contributed by atoms with van der Waals surface area (Å²) in [7, 11) is 0. The predicted molar refractivity (Wildman–Crippen MR) is 135 cm³/mol. The van der Waals surface area contributed by atoms with Gasteiger partial charge < -0.3 is 9.72 Å². The molecule has 0 unspecified atom stereocenters. The molecule has 0 saturated carbocycles. The number of hydrogen-bond acceptors (Lipinski definition) is 4. The number of benzene rings is 2. The van der Waals surface area contributed by atoms with Crippen molar-refractivity contribution in [1.82, 2.24) is 9.55 Å². The molecule has 0 amide bonds. The van der Waals surface area contributed by atoms with Gasteiger partial charge in [0, 0.05) is 32.1 Å². The second-order valence-electron chi connectivity index (χ2n) is 8.43. The van der Waals surface area contributed by atoms with E-state index in [1.54, 1.807) is 28.1 Å². The molecule has 0 aliphatic carbocycles. The molecule has 2 aromatic heterocycles. The maximum atomic E-state index is 12.3. The second kappa shape index (κ2) is 9.45. The van der Waals surface area contributed by atoms with Crippen molar-refractivity contribution >= 4 is 51.4 Å². The number of nitrogens with one attached hydrogen (secondary N) is 1. The van der Waals surface area contributed by atoms with E-state index in [1.165, 1.54) is 21.5 Å². The van der Waals surface area contributed by atoms with Crippen LogP contribution in [0.2, 0.25) is 0 Å². The van der Waals surface area contributed by atoms with Gasteiger partial charge in [0.25, 0.3) is 0 Å². The first kappa shape index (κ1) is 23.4. The van der Waals surface area contributed by atoms with Gasteiger partial charge in [0.05, 0.1) is 5.52 Å². The number of aromatic amines is 1. The number of hydrogen-bond donors (Lipinski definition) is 1. The molecule has 0 radical (unpaired) electrons. The van der Waals surface area contributed by atoms with Crippen molar-refractivity contribution in [3.63, 3.8) is 0 Å². The van der Waals surface area contributed by atoms with Crippen LogP contribution in [0, 0.1) is 13.8 Å². The Bertz CT molecular complexity index is 1220. The number of fused-ring (bicyclic) bond motifs is 2. The molecule has 6 heteroatoms. The fourth-order valence-electron chi connectivity index (χ4n) is 3.37. The Kier molecular flexibility index (Phi) is 7.12. The number of ether oxygens (including phenoxy) is 1. The Hall–Kier alpha value is -2.31. The maximum Gasteiger partial charge on any atom is 0.419 e. The number of carbonyl (C=O) groups is 1. The van der Waals surface area contributed by atoms with E-state index in [0.29, 0.717) is 0 Å². The highest BCUT2D eigenvalue weighted by molar-refractivity contribution is 7.98. The first-order chi connectivity index (χ1) is 14.6. The summed E-state index contributed by atoms with van der Waals surface area (Å²) in [4.78, 5) is 18.1. The molecule has 0 saturated heterocycles. The monoisotopic (exact) mass is 454 g/mol. The third-order valence-electron chi connectivity index (χ3n) is 4.74. The molecule has 2 heterocycles. The van der Waals surface area contributed by atoms with Gasteiger partial charge in [0.2, 0.25) is 0 Å². The molecule has 31 heavy (non-hydrogen) atoms. The Morgan fingerprint density at radius 1 is 0.903 bits per heavy atom. The van der Waals surface area contributed by atoms with Crippen LogP contribution >= 0.6 is 23.5 Å². The minimum atomic E-state index is -0.489. The molecule has 164 valence electrons. The molecule has 4 rings (SSSR count). The van der Waals surface area contributed by atoms with E-state index in [4.69, 9.17) is 4.74 Å². The molecule has 4 aromatic rings. The molecule has 0 spiro atoms. The number of rotatable bonds is 2. The maximum absolute atomic E-state index is 12.3. The Morgan fingerprint density at radius 2 is 1.52 bits per heavy atom. The van der Waals surface area contributed by atoms with Gasteiger partial charge >= 0.3 is 6.09 Å². The minimum Gasteiger partial charge on any atom is -0.443 e. The summed E-state index contributed by atoms with van der Waals surface area (Å²) < 4.78 is 7.10.